The lowest BCUT2D eigenvalue weighted by atomic mass is 9.86. The quantitative estimate of drug-likeness (QED) is 0.182. The fraction of sp³-hybridized carbons (Fsp3) is 0.622. The molecule has 3 aliphatic heterocycles. The predicted molar refractivity (Wildman–Crippen MR) is 190 cm³/mol. The standard InChI is InChI=1S/C37H53N3O11S/c1-25(2)50-35(42)38-17-10-6-9-16-37(3,4)23-40(52(44,45)27-13-14-31-32(20-27)49-24-48-31)21-30(41)29(19-26-11-7-5-8-12-26)39-36(43)51-33-22-47-34-28(33)15-18-46-34/h5,7-8,11-14,20,25,28-30,33-34,41H,6,9-10,15-19,21-24H2,1-4H3,(H,38,42)(H,39,43)/t28-,29-,30+,33-,34+/m0/s1. The lowest BCUT2D eigenvalue weighted by molar-refractivity contribution is -0.0907. The van der Waals surface area contributed by atoms with E-state index in [1.807, 2.05) is 44.2 Å². The van der Waals surface area contributed by atoms with Crippen molar-refractivity contribution in [3.8, 4) is 11.5 Å². The Kier molecular flexibility index (Phi) is 13.6. The summed E-state index contributed by atoms with van der Waals surface area (Å²) in [6, 6.07) is 12.9. The van der Waals surface area contributed by atoms with Gasteiger partial charge in [-0.05, 0) is 62.6 Å². The number of unbranched alkanes of at least 4 members (excludes halogenated alkanes) is 2. The van der Waals surface area contributed by atoms with E-state index >= 15 is 0 Å². The van der Waals surface area contributed by atoms with Crippen LogP contribution < -0.4 is 20.1 Å². The van der Waals surface area contributed by atoms with Crippen LogP contribution in [0.2, 0.25) is 0 Å². The molecule has 0 spiro atoms. The minimum Gasteiger partial charge on any atom is -0.454 e. The second-order valence-corrected chi connectivity index (χ2v) is 16.6. The van der Waals surface area contributed by atoms with Crippen molar-refractivity contribution in [3.63, 3.8) is 0 Å². The third-order valence-corrected chi connectivity index (χ3v) is 11.2. The summed E-state index contributed by atoms with van der Waals surface area (Å²) in [7, 11) is -4.17. The fourth-order valence-electron chi connectivity index (χ4n) is 6.70. The lowest BCUT2D eigenvalue weighted by Gasteiger charge is -2.35. The van der Waals surface area contributed by atoms with Crippen LogP contribution >= 0.6 is 0 Å². The summed E-state index contributed by atoms with van der Waals surface area (Å²) in [4.78, 5) is 25.1. The number of amides is 2. The van der Waals surface area contributed by atoms with Crippen molar-refractivity contribution < 1.29 is 51.5 Å². The third-order valence-electron chi connectivity index (χ3n) is 9.43. The topological polar surface area (TPSA) is 171 Å². The molecule has 0 aliphatic carbocycles. The molecule has 3 heterocycles. The number of sulfonamides is 1. The van der Waals surface area contributed by atoms with Gasteiger partial charge in [0.25, 0.3) is 0 Å². The number of nitrogens with one attached hydrogen (secondary N) is 2. The Morgan fingerprint density at radius 1 is 1.02 bits per heavy atom. The Balaban J connectivity index is 1.29. The molecule has 3 aliphatic rings. The fourth-order valence-corrected chi connectivity index (χ4v) is 8.36. The molecule has 0 unspecified atom stereocenters. The number of hydrogen-bond acceptors (Lipinski definition) is 11. The molecule has 0 saturated carbocycles. The first kappa shape index (κ1) is 39.6. The van der Waals surface area contributed by atoms with Crippen LogP contribution in [0, 0.1) is 11.3 Å². The summed E-state index contributed by atoms with van der Waals surface area (Å²) in [5, 5.41) is 17.4. The molecule has 288 valence electrons. The summed E-state index contributed by atoms with van der Waals surface area (Å²) in [5.41, 5.74) is 0.342. The van der Waals surface area contributed by atoms with Gasteiger partial charge in [-0.15, -0.1) is 0 Å². The number of carbonyl (C=O) groups is 2. The first-order valence-electron chi connectivity index (χ1n) is 18.1. The van der Waals surface area contributed by atoms with Gasteiger partial charge in [0, 0.05) is 25.7 Å². The molecule has 2 aromatic carbocycles. The first-order chi connectivity index (χ1) is 24.8. The maximum absolute atomic E-state index is 14.4. The number of carbonyl (C=O) groups excluding carboxylic acids is 2. The van der Waals surface area contributed by atoms with E-state index in [0.29, 0.717) is 37.5 Å². The Hall–Kier alpha value is -3.63. The molecular formula is C37H53N3O11S. The molecule has 5 atom stereocenters. The van der Waals surface area contributed by atoms with E-state index in [0.717, 1.165) is 24.8 Å². The molecule has 2 amide bonds. The van der Waals surface area contributed by atoms with Crippen LogP contribution in [-0.4, -0.2) is 100 Å². The van der Waals surface area contributed by atoms with Crippen molar-refractivity contribution in [1.29, 1.82) is 0 Å². The Morgan fingerprint density at radius 3 is 2.56 bits per heavy atom. The number of ether oxygens (including phenoxy) is 6. The van der Waals surface area contributed by atoms with Gasteiger partial charge in [0.15, 0.2) is 17.8 Å². The predicted octanol–water partition coefficient (Wildman–Crippen LogP) is 4.59. The van der Waals surface area contributed by atoms with Gasteiger partial charge in [0.05, 0.1) is 42.3 Å². The van der Waals surface area contributed by atoms with Crippen LogP contribution in [-0.2, 0) is 35.4 Å². The first-order valence-corrected chi connectivity index (χ1v) is 19.5. The Labute approximate surface area is 306 Å². The van der Waals surface area contributed by atoms with Crippen molar-refractivity contribution in [3.05, 3.63) is 54.1 Å². The summed E-state index contributed by atoms with van der Waals surface area (Å²) < 4.78 is 62.9. The Bertz CT molecular complexity index is 1590. The van der Waals surface area contributed by atoms with Crippen molar-refractivity contribution in [2.24, 2.45) is 11.3 Å². The molecule has 2 saturated heterocycles. The highest BCUT2D eigenvalue weighted by atomic mass is 32.2. The molecule has 5 rings (SSSR count). The summed E-state index contributed by atoms with van der Waals surface area (Å²) in [6.45, 7) is 8.55. The number of benzene rings is 2. The number of fused-ring (bicyclic) bond motifs is 2. The molecule has 15 heteroatoms. The van der Waals surface area contributed by atoms with Gasteiger partial charge in [-0.25, -0.2) is 18.0 Å². The number of aliphatic hydroxyl groups is 1. The van der Waals surface area contributed by atoms with Gasteiger partial charge in [0.1, 0.15) is 6.10 Å². The molecule has 52 heavy (non-hydrogen) atoms. The van der Waals surface area contributed by atoms with Crippen molar-refractivity contribution in [1.82, 2.24) is 14.9 Å². The van der Waals surface area contributed by atoms with Gasteiger partial charge in [-0.3, -0.25) is 0 Å². The number of rotatable bonds is 18. The summed E-state index contributed by atoms with van der Waals surface area (Å²) >= 11 is 0. The second kappa shape index (κ2) is 17.9. The van der Waals surface area contributed by atoms with E-state index in [4.69, 9.17) is 28.4 Å². The van der Waals surface area contributed by atoms with Crippen LogP contribution in [0.1, 0.15) is 65.4 Å². The van der Waals surface area contributed by atoms with E-state index in [2.05, 4.69) is 10.6 Å². The normalized spacial score (nSPS) is 20.8. The van der Waals surface area contributed by atoms with Crippen LogP contribution in [0.5, 0.6) is 11.5 Å². The monoisotopic (exact) mass is 747 g/mol. The lowest BCUT2D eigenvalue weighted by Crippen LogP contribution is -2.52. The molecule has 0 aromatic heterocycles. The Morgan fingerprint density at radius 2 is 1.79 bits per heavy atom. The van der Waals surface area contributed by atoms with E-state index in [-0.39, 0.29) is 49.8 Å². The minimum absolute atomic E-state index is 0.000608. The van der Waals surface area contributed by atoms with Crippen molar-refractivity contribution in [2.45, 2.75) is 102 Å². The van der Waals surface area contributed by atoms with E-state index in [1.165, 1.54) is 16.4 Å². The van der Waals surface area contributed by atoms with Crippen LogP contribution in [0.3, 0.4) is 0 Å². The maximum Gasteiger partial charge on any atom is 0.407 e. The van der Waals surface area contributed by atoms with Crippen molar-refractivity contribution >= 4 is 22.2 Å². The van der Waals surface area contributed by atoms with Crippen LogP contribution in [0.25, 0.3) is 0 Å². The van der Waals surface area contributed by atoms with Gasteiger partial charge >= 0.3 is 12.2 Å². The average Bonchev–Trinajstić information content (AvgIpc) is 3.84. The third kappa shape index (κ3) is 10.9. The zero-order valence-corrected chi connectivity index (χ0v) is 31.3. The summed E-state index contributed by atoms with van der Waals surface area (Å²) in [5.74, 6) is 0.709. The SMILES string of the molecule is CC(C)OC(=O)NCCCCCC(C)(C)CN(C[C@@H](O)[C@H](Cc1ccccc1)NC(=O)O[C@H]1CO[C@H]2OCC[C@H]21)S(=O)(=O)c1ccc2c(c1)OCO2. The highest BCUT2D eigenvalue weighted by Crippen LogP contribution is 2.36. The van der Waals surface area contributed by atoms with Gasteiger partial charge in [-0.2, -0.15) is 4.31 Å². The molecular weight excluding hydrogens is 694 g/mol. The van der Waals surface area contributed by atoms with Gasteiger partial charge in [-0.1, -0.05) is 57.0 Å². The molecule has 0 bridgehead atoms. The summed E-state index contributed by atoms with van der Waals surface area (Å²) in [6.07, 6.45) is 0.397. The average molecular weight is 748 g/mol. The largest absolute Gasteiger partial charge is 0.454 e. The second-order valence-electron chi connectivity index (χ2n) is 14.6. The number of nitrogens with zero attached hydrogens (tertiary/aromatic N) is 1. The number of aliphatic hydroxyl groups excluding tert-OH is 1. The smallest absolute Gasteiger partial charge is 0.407 e. The zero-order chi connectivity index (χ0) is 37.3. The van der Waals surface area contributed by atoms with Gasteiger partial charge in [0.2, 0.25) is 16.8 Å². The highest BCUT2D eigenvalue weighted by molar-refractivity contribution is 7.89. The molecule has 2 aromatic rings. The van der Waals surface area contributed by atoms with Crippen LogP contribution in [0.4, 0.5) is 9.59 Å². The molecule has 3 N–H and O–H groups in total. The van der Waals surface area contributed by atoms with E-state index in [1.54, 1.807) is 19.9 Å². The zero-order valence-electron chi connectivity index (χ0n) is 30.5. The molecule has 0 radical (unpaired) electrons. The van der Waals surface area contributed by atoms with Gasteiger partial charge < -0.3 is 44.2 Å². The highest BCUT2D eigenvalue weighted by Gasteiger charge is 2.44. The molecule has 2 fully saturated rings. The van der Waals surface area contributed by atoms with E-state index < -0.39 is 52.2 Å². The van der Waals surface area contributed by atoms with Crippen LogP contribution in [0.15, 0.2) is 53.4 Å². The maximum atomic E-state index is 14.4. The van der Waals surface area contributed by atoms with E-state index in [9.17, 15) is 23.1 Å². The minimum atomic E-state index is -4.17. The van der Waals surface area contributed by atoms with Crippen molar-refractivity contribution in [2.75, 3.05) is 39.6 Å². The molecule has 14 nitrogen and oxygen atoms in total. The number of hydrogen-bond donors (Lipinski definition) is 3. The number of alkyl carbamates (subject to hydrolysis) is 2.